The summed E-state index contributed by atoms with van der Waals surface area (Å²) in [5.41, 5.74) is 3.59. The number of hydrogen-bond donors (Lipinski definition) is 0. The maximum Gasteiger partial charge on any atom is 0.0282 e. The fourth-order valence-corrected chi connectivity index (χ4v) is 8.67. The maximum atomic E-state index is 3.71. The van der Waals surface area contributed by atoms with Gasteiger partial charge in [-0.1, -0.05) is 52.0 Å². The zero-order valence-electron chi connectivity index (χ0n) is 13.7. The van der Waals surface area contributed by atoms with E-state index in [1.807, 2.05) is 11.8 Å². The zero-order chi connectivity index (χ0) is 15.9. The summed E-state index contributed by atoms with van der Waals surface area (Å²) in [6.45, 7) is 0. The second kappa shape index (κ2) is 4.92. The van der Waals surface area contributed by atoms with Crippen LogP contribution in [0.4, 0.5) is 0 Å². The van der Waals surface area contributed by atoms with E-state index in [-0.39, 0.29) is 0 Å². The van der Waals surface area contributed by atoms with Crippen LogP contribution in [-0.4, -0.2) is 0 Å². The smallest absolute Gasteiger partial charge is 0.0282 e. The molecule has 0 amide bonds. The molecule has 2 aromatic carbocycles. The molecule has 0 unspecified atom stereocenters. The lowest BCUT2D eigenvalue weighted by atomic mass is 9.42. The van der Waals surface area contributed by atoms with Gasteiger partial charge in [0.15, 0.2) is 0 Å². The van der Waals surface area contributed by atoms with E-state index >= 15 is 0 Å². The fraction of sp³-hybridized carbons (Fsp3) is 0.455. The molecule has 2 heteroatoms. The molecule has 1 spiro atoms. The Morgan fingerprint density at radius 1 is 0.792 bits per heavy atom. The Morgan fingerprint density at radius 2 is 1.46 bits per heavy atom. The summed E-state index contributed by atoms with van der Waals surface area (Å²) in [5, 5.41) is 0. The van der Waals surface area contributed by atoms with Gasteiger partial charge < -0.3 is 0 Å². The monoisotopic (exact) mass is 396 g/mol. The van der Waals surface area contributed by atoms with Gasteiger partial charge in [-0.2, -0.15) is 0 Å². The van der Waals surface area contributed by atoms with Crippen LogP contribution in [0, 0.1) is 23.7 Å². The molecule has 0 saturated heterocycles. The van der Waals surface area contributed by atoms with Crippen molar-refractivity contribution in [3.05, 3.63) is 58.1 Å². The lowest BCUT2D eigenvalue weighted by Gasteiger charge is -2.63. The van der Waals surface area contributed by atoms with Crippen molar-refractivity contribution >= 4 is 27.7 Å². The Hall–Kier alpha value is -0.730. The minimum absolute atomic E-state index is 0.297. The first-order chi connectivity index (χ1) is 11.7. The largest absolute Gasteiger partial charge is 0.0894 e. The Kier molecular flexibility index (Phi) is 2.96. The van der Waals surface area contributed by atoms with E-state index in [1.165, 1.54) is 46.4 Å². The second-order valence-corrected chi connectivity index (χ2v) is 10.4. The summed E-state index contributed by atoms with van der Waals surface area (Å²) in [6.07, 6.45) is 7.36. The summed E-state index contributed by atoms with van der Waals surface area (Å²) < 4.78 is 1.21. The summed E-state index contributed by atoms with van der Waals surface area (Å²) in [4.78, 5) is 3.01. The number of hydrogen-bond acceptors (Lipinski definition) is 1. The van der Waals surface area contributed by atoms with E-state index in [1.54, 1.807) is 11.1 Å². The van der Waals surface area contributed by atoms with Crippen LogP contribution < -0.4 is 0 Å². The molecule has 1 heterocycles. The first-order valence-electron chi connectivity index (χ1n) is 9.32. The van der Waals surface area contributed by atoms with Crippen molar-refractivity contribution in [3.8, 4) is 0 Å². The molecule has 5 aliphatic rings. The van der Waals surface area contributed by atoms with Crippen LogP contribution in [0.25, 0.3) is 0 Å². The highest BCUT2D eigenvalue weighted by atomic mass is 79.9. The molecule has 4 fully saturated rings. The van der Waals surface area contributed by atoms with Gasteiger partial charge in [0.05, 0.1) is 0 Å². The molecule has 4 aliphatic carbocycles. The molecule has 122 valence electrons. The van der Waals surface area contributed by atoms with Crippen molar-refractivity contribution in [2.24, 2.45) is 23.7 Å². The van der Waals surface area contributed by atoms with Gasteiger partial charge in [0.1, 0.15) is 0 Å². The van der Waals surface area contributed by atoms with E-state index in [9.17, 15) is 0 Å². The topological polar surface area (TPSA) is 0 Å². The lowest BCUT2D eigenvalue weighted by molar-refractivity contribution is -0.0444. The number of halogens is 1. The average molecular weight is 397 g/mol. The molecule has 4 saturated carbocycles. The van der Waals surface area contributed by atoms with Gasteiger partial charge in [0.2, 0.25) is 0 Å². The van der Waals surface area contributed by atoms with E-state index in [4.69, 9.17) is 0 Å². The number of benzene rings is 2. The molecule has 1 aliphatic heterocycles. The molecule has 7 rings (SSSR count). The van der Waals surface area contributed by atoms with Crippen molar-refractivity contribution in [1.29, 1.82) is 0 Å². The molecule has 0 nitrogen and oxygen atoms in total. The van der Waals surface area contributed by atoms with Gasteiger partial charge in [-0.15, -0.1) is 0 Å². The summed E-state index contributed by atoms with van der Waals surface area (Å²) in [5.74, 6) is 3.74. The average Bonchev–Trinajstić information content (AvgIpc) is 2.57. The summed E-state index contributed by atoms with van der Waals surface area (Å²) >= 11 is 5.69. The fourth-order valence-electron chi connectivity index (χ4n) is 6.89. The van der Waals surface area contributed by atoms with Crippen LogP contribution in [0.1, 0.15) is 43.2 Å². The van der Waals surface area contributed by atoms with Crippen LogP contribution in [0.5, 0.6) is 0 Å². The van der Waals surface area contributed by atoms with E-state index in [2.05, 4.69) is 58.4 Å². The lowest BCUT2D eigenvalue weighted by Crippen LogP contribution is -2.57. The van der Waals surface area contributed by atoms with Crippen molar-refractivity contribution in [2.45, 2.75) is 47.3 Å². The SMILES string of the molecule is Brc1ccc2c(c1)Sc1ccccc1C21C2CC3CC(C2)CC1C3. The molecule has 24 heavy (non-hydrogen) atoms. The molecule has 2 aromatic rings. The number of rotatable bonds is 0. The molecule has 0 N–H and O–H groups in total. The van der Waals surface area contributed by atoms with Crippen LogP contribution in [0.2, 0.25) is 0 Å². The van der Waals surface area contributed by atoms with E-state index in [0.717, 1.165) is 23.7 Å². The van der Waals surface area contributed by atoms with Crippen LogP contribution in [0.15, 0.2) is 56.7 Å². The Morgan fingerprint density at radius 3 is 2.21 bits per heavy atom. The highest BCUT2D eigenvalue weighted by molar-refractivity contribution is 9.10. The minimum Gasteiger partial charge on any atom is -0.0894 e. The third-order valence-corrected chi connectivity index (χ3v) is 8.99. The quantitative estimate of drug-likeness (QED) is 0.479. The van der Waals surface area contributed by atoms with Gasteiger partial charge in [-0.25, -0.2) is 0 Å². The standard InChI is InChI=1S/C22H21BrS/c23-17-5-6-19-21(12-17)24-20-4-2-1-3-18(20)22(19)15-8-13-7-14(10-15)11-16(22)9-13/h1-6,12-16H,7-11H2. The molecular weight excluding hydrogens is 376 g/mol. The maximum absolute atomic E-state index is 3.71. The molecule has 0 aromatic heterocycles. The van der Waals surface area contributed by atoms with E-state index < -0.39 is 0 Å². The van der Waals surface area contributed by atoms with Crippen molar-refractivity contribution < 1.29 is 0 Å². The van der Waals surface area contributed by atoms with E-state index in [0.29, 0.717) is 5.41 Å². The van der Waals surface area contributed by atoms with Gasteiger partial charge in [-0.05, 0) is 85.1 Å². The minimum atomic E-state index is 0.297. The Balaban J connectivity index is 1.66. The van der Waals surface area contributed by atoms with Gasteiger partial charge in [0.25, 0.3) is 0 Å². The van der Waals surface area contributed by atoms with Crippen molar-refractivity contribution in [3.63, 3.8) is 0 Å². The zero-order valence-corrected chi connectivity index (χ0v) is 16.1. The molecule has 0 atom stereocenters. The number of fused-ring (bicyclic) bond motifs is 2. The highest BCUT2D eigenvalue weighted by Gasteiger charge is 2.60. The highest BCUT2D eigenvalue weighted by Crippen LogP contribution is 2.68. The van der Waals surface area contributed by atoms with Crippen molar-refractivity contribution in [1.82, 2.24) is 0 Å². The third-order valence-electron chi connectivity index (χ3n) is 7.37. The van der Waals surface area contributed by atoms with Gasteiger partial charge >= 0.3 is 0 Å². The Labute approximate surface area is 156 Å². The van der Waals surface area contributed by atoms with Crippen LogP contribution in [0.3, 0.4) is 0 Å². The van der Waals surface area contributed by atoms with Crippen LogP contribution >= 0.6 is 27.7 Å². The first kappa shape index (κ1) is 14.4. The molecule has 4 bridgehead atoms. The second-order valence-electron chi connectivity index (χ2n) is 8.41. The normalized spacial score (nSPS) is 38.2. The van der Waals surface area contributed by atoms with Crippen molar-refractivity contribution in [2.75, 3.05) is 0 Å². The molecule has 0 radical (unpaired) electrons. The van der Waals surface area contributed by atoms with Gasteiger partial charge in [0, 0.05) is 19.7 Å². The molecular formula is C22H21BrS. The first-order valence-corrected chi connectivity index (χ1v) is 10.9. The van der Waals surface area contributed by atoms with Gasteiger partial charge in [-0.3, -0.25) is 0 Å². The Bertz CT molecular complexity index is 812. The predicted molar refractivity (Wildman–Crippen MR) is 103 cm³/mol. The summed E-state index contributed by atoms with van der Waals surface area (Å²) in [7, 11) is 0. The third kappa shape index (κ3) is 1.72. The summed E-state index contributed by atoms with van der Waals surface area (Å²) in [6, 6.07) is 16.4. The van der Waals surface area contributed by atoms with Crippen LogP contribution in [-0.2, 0) is 5.41 Å². The predicted octanol–water partition coefficient (Wildman–Crippen LogP) is 6.66.